The first kappa shape index (κ1) is 26.7. The summed E-state index contributed by atoms with van der Waals surface area (Å²) in [5.41, 5.74) is 0.878. The van der Waals surface area contributed by atoms with Gasteiger partial charge in [-0.2, -0.15) is 0 Å². The molecule has 1 atom stereocenters. The predicted molar refractivity (Wildman–Crippen MR) is 141 cm³/mol. The van der Waals surface area contributed by atoms with Crippen LogP contribution in [0.2, 0.25) is 0 Å². The number of guanidine groups is 1. The predicted octanol–water partition coefficient (Wildman–Crippen LogP) is 3.26. The SMILES string of the molecule is CN=C(NCC(c1ccccc1OC)N1CCCC1)NCC1(C(=O)N(C)C)CCCC1.I. The van der Waals surface area contributed by atoms with Gasteiger partial charge < -0.3 is 20.3 Å². The number of nitrogens with zero attached hydrogens (tertiary/aromatic N) is 3. The van der Waals surface area contributed by atoms with Crippen LogP contribution in [-0.2, 0) is 4.79 Å². The van der Waals surface area contributed by atoms with E-state index in [-0.39, 0.29) is 41.3 Å². The number of methoxy groups -OCH3 is 1. The Balaban J connectivity index is 0.00000363. The van der Waals surface area contributed by atoms with Crippen molar-refractivity contribution in [3.05, 3.63) is 29.8 Å². The van der Waals surface area contributed by atoms with E-state index in [0.29, 0.717) is 6.54 Å². The fraction of sp³-hybridized carbons (Fsp3) is 0.667. The van der Waals surface area contributed by atoms with Crippen molar-refractivity contribution in [1.82, 2.24) is 20.4 Å². The first-order chi connectivity index (χ1) is 15.0. The summed E-state index contributed by atoms with van der Waals surface area (Å²) in [6.07, 6.45) is 6.55. The molecule has 0 bridgehead atoms. The maximum atomic E-state index is 12.9. The lowest BCUT2D eigenvalue weighted by molar-refractivity contribution is -0.138. The molecule has 1 aliphatic carbocycles. The van der Waals surface area contributed by atoms with Gasteiger partial charge >= 0.3 is 0 Å². The third-order valence-corrected chi connectivity index (χ3v) is 6.78. The number of ether oxygens (including phenoxy) is 1. The Kier molecular flexibility index (Phi) is 10.5. The summed E-state index contributed by atoms with van der Waals surface area (Å²) in [7, 11) is 7.22. The highest BCUT2D eigenvalue weighted by Gasteiger charge is 2.42. The van der Waals surface area contributed by atoms with Gasteiger partial charge in [0.15, 0.2) is 5.96 Å². The molecule has 0 aromatic heterocycles. The minimum absolute atomic E-state index is 0. The lowest BCUT2D eigenvalue weighted by Crippen LogP contribution is -2.50. The fourth-order valence-electron chi connectivity index (χ4n) is 5.09. The molecule has 0 radical (unpaired) electrons. The molecule has 1 heterocycles. The average molecular weight is 558 g/mol. The second kappa shape index (κ2) is 12.6. The molecule has 8 heteroatoms. The third kappa shape index (κ3) is 6.27. The van der Waals surface area contributed by atoms with Gasteiger partial charge in [-0.25, -0.2) is 0 Å². The monoisotopic (exact) mass is 557 g/mol. The van der Waals surface area contributed by atoms with Gasteiger partial charge in [0.1, 0.15) is 5.75 Å². The fourth-order valence-corrected chi connectivity index (χ4v) is 5.09. The Bertz CT molecular complexity index is 759. The summed E-state index contributed by atoms with van der Waals surface area (Å²) in [6, 6.07) is 8.48. The molecule has 1 saturated carbocycles. The van der Waals surface area contributed by atoms with Crippen molar-refractivity contribution in [2.75, 3.05) is 54.4 Å². The third-order valence-electron chi connectivity index (χ3n) is 6.78. The lowest BCUT2D eigenvalue weighted by atomic mass is 9.84. The largest absolute Gasteiger partial charge is 0.496 e. The number of rotatable bonds is 8. The Morgan fingerprint density at radius 3 is 2.41 bits per heavy atom. The topological polar surface area (TPSA) is 69.2 Å². The summed E-state index contributed by atoms with van der Waals surface area (Å²) in [5, 5.41) is 6.98. The standard InChI is InChI=1S/C24H39N5O2.HI/c1-25-23(27-18-24(13-7-8-14-24)22(30)28(2)3)26-17-20(29-15-9-10-16-29)19-11-5-6-12-21(19)31-4;/h5-6,11-12,20H,7-10,13-18H2,1-4H3,(H2,25,26,27);1H. The Hall–Kier alpha value is -1.55. The number of halogens is 1. The highest BCUT2D eigenvalue weighted by Crippen LogP contribution is 2.39. The van der Waals surface area contributed by atoms with Crippen LogP contribution in [0.3, 0.4) is 0 Å². The van der Waals surface area contributed by atoms with Crippen molar-refractivity contribution in [3.63, 3.8) is 0 Å². The molecule has 1 aromatic carbocycles. The molecule has 32 heavy (non-hydrogen) atoms. The van der Waals surface area contributed by atoms with Crippen LogP contribution in [0.25, 0.3) is 0 Å². The first-order valence-corrected chi connectivity index (χ1v) is 11.5. The maximum Gasteiger partial charge on any atom is 0.230 e. The molecular weight excluding hydrogens is 517 g/mol. The summed E-state index contributed by atoms with van der Waals surface area (Å²) in [4.78, 5) is 21.6. The minimum atomic E-state index is -0.321. The number of nitrogens with one attached hydrogen (secondary N) is 2. The Morgan fingerprint density at radius 2 is 1.81 bits per heavy atom. The van der Waals surface area contributed by atoms with Crippen molar-refractivity contribution < 1.29 is 9.53 Å². The number of benzene rings is 1. The van der Waals surface area contributed by atoms with Crippen LogP contribution in [-0.4, -0.2) is 76.1 Å². The molecule has 3 rings (SSSR count). The van der Waals surface area contributed by atoms with Crippen LogP contribution in [0.15, 0.2) is 29.3 Å². The van der Waals surface area contributed by atoms with Crippen LogP contribution < -0.4 is 15.4 Å². The van der Waals surface area contributed by atoms with Crippen LogP contribution in [0.5, 0.6) is 5.75 Å². The van der Waals surface area contributed by atoms with Crippen LogP contribution in [0.1, 0.15) is 50.1 Å². The summed E-state index contributed by atoms with van der Waals surface area (Å²) in [6.45, 7) is 3.54. The number of amides is 1. The molecule has 0 spiro atoms. The van der Waals surface area contributed by atoms with Crippen molar-refractivity contribution in [2.45, 2.75) is 44.6 Å². The average Bonchev–Trinajstić information content (AvgIpc) is 3.49. The van der Waals surface area contributed by atoms with Crippen LogP contribution in [0, 0.1) is 5.41 Å². The van der Waals surface area contributed by atoms with Gasteiger partial charge in [-0.3, -0.25) is 14.7 Å². The first-order valence-electron chi connectivity index (χ1n) is 11.5. The molecule has 1 aliphatic heterocycles. The molecule has 7 nitrogen and oxygen atoms in total. The quantitative estimate of drug-likeness (QED) is 0.292. The van der Waals surface area contributed by atoms with Gasteiger partial charge in [0.25, 0.3) is 0 Å². The van der Waals surface area contributed by atoms with Crippen molar-refractivity contribution >= 4 is 35.8 Å². The summed E-state index contributed by atoms with van der Waals surface area (Å²) in [5.74, 6) is 1.89. The molecule has 180 valence electrons. The molecular formula is C24H40IN5O2. The van der Waals surface area contributed by atoms with E-state index in [9.17, 15) is 4.79 Å². The van der Waals surface area contributed by atoms with E-state index in [4.69, 9.17) is 4.74 Å². The van der Waals surface area contributed by atoms with Crippen LogP contribution in [0.4, 0.5) is 0 Å². The maximum absolute atomic E-state index is 12.9. The second-order valence-electron chi connectivity index (χ2n) is 8.99. The van der Waals surface area contributed by atoms with E-state index in [1.165, 1.54) is 18.4 Å². The number of aliphatic imine (C=N–C) groups is 1. The van der Waals surface area contributed by atoms with Gasteiger partial charge in [-0.15, -0.1) is 24.0 Å². The number of hydrogen-bond donors (Lipinski definition) is 2. The molecule has 2 aliphatic rings. The zero-order chi connectivity index (χ0) is 22.3. The number of likely N-dealkylation sites (tertiary alicyclic amines) is 1. The Labute approximate surface area is 210 Å². The van der Waals surface area contributed by atoms with Gasteiger partial charge in [0.2, 0.25) is 5.91 Å². The summed E-state index contributed by atoms with van der Waals surface area (Å²) >= 11 is 0. The van der Waals surface area contributed by atoms with Gasteiger partial charge in [0.05, 0.1) is 18.6 Å². The van der Waals surface area contributed by atoms with E-state index in [1.807, 2.05) is 26.2 Å². The molecule has 2 fully saturated rings. The van der Waals surface area contributed by atoms with Crippen molar-refractivity contribution in [1.29, 1.82) is 0 Å². The van der Waals surface area contributed by atoms with E-state index >= 15 is 0 Å². The zero-order valence-electron chi connectivity index (χ0n) is 20.0. The van der Waals surface area contributed by atoms with Crippen LogP contribution >= 0.6 is 24.0 Å². The molecule has 1 amide bonds. The van der Waals surface area contributed by atoms with Gasteiger partial charge in [-0.05, 0) is 44.8 Å². The highest BCUT2D eigenvalue weighted by molar-refractivity contribution is 14.0. The smallest absolute Gasteiger partial charge is 0.230 e. The number of carbonyl (C=O) groups excluding carboxylic acids is 1. The second-order valence-corrected chi connectivity index (χ2v) is 8.99. The molecule has 1 saturated heterocycles. The summed E-state index contributed by atoms with van der Waals surface area (Å²) < 4.78 is 5.65. The van der Waals surface area contributed by atoms with Gasteiger partial charge in [-0.1, -0.05) is 31.0 Å². The normalized spacial score (nSPS) is 19.2. The van der Waals surface area contributed by atoms with E-state index in [2.05, 4.69) is 32.7 Å². The minimum Gasteiger partial charge on any atom is -0.496 e. The van der Waals surface area contributed by atoms with E-state index in [1.54, 1.807) is 19.1 Å². The number of carbonyl (C=O) groups is 1. The molecule has 2 N–H and O–H groups in total. The molecule has 1 unspecified atom stereocenters. The number of para-hydroxylation sites is 1. The van der Waals surface area contributed by atoms with E-state index < -0.39 is 0 Å². The Morgan fingerprint density at radius 1 is 1.16 bits per heavy atom. The van der Waals surface area contributed by atoms with E-state index in [0.717, 1.165) is 57.0 Å². The lowest BCUT2D eigenvalue weighted by Gasteiger charge is -2.32. The van der Waals surface area contributed by atoms with Gasteiger partial charge in [0, 0.05) is 39.8 Å². The van der Waals surface area contributed by atoms with Crippen molar-refractivity contribution in [3.8, 4) is 5.75 Å². The van der Waals surface area contributed by atoms with Crippen molar-refractivity contribution in [2.24, 2.45) is 10.4 Å². The number of hydrogen-bond acceptors (Lipinski definition) is 4. The molecule has 1 aromatic rings. The highest BCUT2D eigenvalue weighted by atomic mass is 127. The zero-order valence-corrected chi connectivity index (χ0v) is 22.4.